The smallest absolute Gasteiger partial charge is 0.326 e. The zero-order valence-electron chi connectivity index (χ0n) is 12.2. The van der Waals surface area contributed by atoms with E-state index in [1.165, 1.54) is 0 Å². The average molecular weight is 303 g/mol. The second-order valence-corrected chi connectivity index (χ2v) is 4.99. The molecule has 4 N–H and O–H groups in total. The predicted octanol–water partition coefficient (Wildman–Crippen LogP) is 1.14. The van der Waals surface area contributed by atoms with Crippen molar-refractivity contribution < 1.29 is 29.7 Å². The third-order valence-corrected chi connectivity index (χ3v) is 3.10. The molecule has 0 rings (SSSR count). The van der Waals surface area contributed by atoms with E-state index >= 15 is 0 Å². The monoisotopic (exact) mass is 303 g/mol. The topological polar surface area (TPSA) is 124 Å². The normalized spacial score (nSPS) is 11.9. The Morgan fingerprint density at radius 2 is 1.38 bits per heavy atom. The maximum Gasteiger partial charge on any atom is 0.326 e. The van der Waals surface area contributed by atoms with Crippen LogP contribution >= 0.6 is 0 Å². The maximum absolute atomic E-state index is 11.5. The lowest BCUT2D eigenvalue weighted by molar-refractivity contribution is -0.142. The second-order valence-electron chi connectivity index (χ2n) is 4.99. The van der Waals surface area contributed by atoms with Gasteiger partial charge in [0.05, 0.1) is 0 Å². The maximum atomic E-state index is 11.5. The van der Waals surface area contributed by atoms with Gasteiger partial charge in [-0.3, -0.25) is 9.59 Å². The van der Waals surface area contributed by atoms with Crippen LogP contribution < -0.4 is 5.32 Å². The van der Waals surface area contributed by atoms with Crippen LogP contribution in [0.3, 0.4) is 0 Å². The summed E-state index contributed by atoms with van der Waals surface area (Å²) in [7, 11) is 0. The molecule has 7 nitrogen and oxygen atoms in total. The fourth-order valence-electron chi connectivity index (χ4n) is 1.92. The molecule has 0 aromatic rings. The van der Waals surface area contributed by atoms with Gasteiger partial charge in [-0.15, -0.1) is 0 Å². The number of carbonyl (C=O) groups excluding carboxylic acids is 1. The second kappa shape index (κ2) is 12.1. The zero-order valence-corrected chi connectivity index (χ0v) is 12.2. The van der Waals surface area contributed by atoms with Crippen LogP contribution in [0.4, 0.5) is 0 Å². The van der Waals surface area contributed by atoms with Crippen molar-refractivity contribution in [1.29, 1.82) is 0 Å². The summed E-state index contributed by atoms with van der Waals surface area (Å²) in [6.45, 7) is -0.284. The summed E-state index contributed by atoms with van der Waals surface area (Å²) >= 11 is 0. The van der Waals surface area contributed by atoms with Gasteiger partial charge in [-0.1, -0.05) is 25.7 Å². The number of aliphatic hydroxyl groups excluding tert-OH is 1. The largest absolute Gasteiger partial charge is 0.481 e. The molecule has 1 amide bonds. The van der Waals surface area contributed by atoms with Crippen molar-refractivity contribution >= 4 is 17.8 Å². The number of unbranched alkanes of at least 4 members (excludes halogenated alkanes) is 5. The molecule has 0 saturated heterocycles. The Balaban J connectivity index is 3.57. The van der Waals surface area contributed by atoms with Crippen molar-refractivity contribution in [3.8, 4) is 0 Å². The van der Waals surface area contributed by atoms with Gasteiger partial charge in [-0.25, -0.2) is 4.79 Å². The van der Waals surface area contributed by atoms with Gasteiger partial charge >= 0.3 is 11.9 Å². The van der Waals surface area contributed by atoms with Gasteiger partial charge in [0.25, 0.3) is 0 Å². The lowest BCUT2D eigenvalue weighted by atomic mass is 10.1. The van der Waals surface area contributed by atoms with Crippen molar-refractivity contribution in [2.75, 3.05) is 6.61 Å². The fourth-order valence-corrected chi connectivity index (χ4v) is 1.92. The summed E-state index contributed by atoms with van der Waals surface area (Å²) < 4.78 is 0. The average Bonchev–Trinajstić information content (AvgIpc) is 2.40. The first-order chi connectivity index (χ1) is 9.97. The molecule has 1 atom stereocenters. The Kier molecular flexibility index (Phi) is 11.2. The molecular weight excluding hydrogens is 278 g/mol. The van der Waals surface area contributed by atoms with E-state index in [9.17, 15) is 14.4 Å². The lowest BCUT2D eigenvalue weighted by Gasteiger charge is -2.12. The molecule has 0 unspecified atom stereocenters. The number of nitrogens with one attached hydrogen (secondary N) is 1. The third-order valence-electron chi connectivity index (χ3n) is 3.10. The first kappa shape index (κ1) is 19.4. The Bertz CT molecular complexity index is 331. The highest BCUT2D eigenvalue weighted by Crippen LogP contribution is 2.08. The van der Waals surface area contributed by atoms with Crippen molar-refractivity contribution in [2.24, 2.45) is 0 Å². The summed E-state index contributed by atoms with van der Waals surface area (Å²) in [6, 6.07) is -1.03. The van der Waals surface area contributed by atoms with Crippen molar-refractivity contribution in [2.45, 2.75) is 63.8 Å². The van der Waals surface area contributed by atoms with E-state index in [-0.39, 0.29) is 31.8 Å². The molecule has 21 heavy (non-hydrogen) atoms. The molecule has 0 radical (unpaired) electrons. The summed E-state index contributed by atoms with van der Waals surface area (Å²) in [4.78, 5) is 32.6. The molecule has 0 saturated carbocycles. The van der Waals surface area contributed by atoms with Crippen LogP contribution in [-0.4, -0.2) is 45.8 Å². The number of carboxylic acid groups (broad SMARTS) is 2. The molecule has 0 aliphatic rings. The Hall–Kier alpha value is -1.63. The number of amides is 1. The highest BCUT2D eigenvalue weighted by molar-refractivity contribution is 5.83. The predicted molar refractivity (Wildman–Crippen MR) is 75.8 cm³/mol. The van der Waals surface area contributed by atoms with Gasteiger partial charge < -0.3 is 20.6 Å². The molecule has 7 heteroatoms. The quantitative estimate of drug-likeness (QED) is 0.378. The van der Waals surface area contributed by atoms with Crippen LogP contribution in [0.2, 0.25) is 0 Å². The van der Waals surface area contributed by atoms with Gasteiger partial charge in [-0.2, -0.15) is 0 Å². The van der Waals surface area contributed by atoms with Gasteiger partial charge in [0.15, 0.2) is 0 Å². The number of carboxylic acids is 2. The van der Waals surface area contributed by atoms with E-state index in [2.05, 4.69) is 5.32 Å². The van der Waals surface area contributed by atoms with Crippen molar-refractivity contribution in [3.05, 3.63) is 0 Å². The Morgan fingerprint density at radius 3 is 1.86 bits per heavy atom. The number of aliphatic carboxylic acids is 2. The van der Waals surface area contributed by atoms with Gasteiger partial charge in [0.1, 0.15) is 6.04 Å². The number of hydrogen-bond acceptors (Lipinski definition) is 4. The molecule has 122 valence electrons. The van der Waals surface area contributed by atoms with Crippen LogP contribution in [0, 0.1) is 0 Å². The van der Waals surface area contributed by atoms with Gasteiger partial charge in [0.2, 0.25) is 5.91 Å². The molecular formula is C14H25NO6. The van der Waals surface area contributed by atoms with Crippen LogP contribution in [0.15, 0.2) is 0 Å². The number of rotatable bonds is 13. The van der Waals surface area contributed by atoms with Crippen LogP contribution in [0.5, 0.6) is 0 Å². The molecule has 0 spiro atoms. The summed E-state index contributed by atoms with van der Waals surface area (Å²) in [5.41, 5.74) is 0. The van der Waals surface area contributed by atoms with E-state index in [0.29, 0.717) is 12.8 Å². The van der Waals surface area contributed by atoms with Gasteiger partial charge in [-0.05, 0) is 12.8 Å². The fraction of sp³-hybridized carbons (Fsp3) is 0.786. The van der Waals surface area contributed by atoms with Crippen LogP contribution in [-0.2, 0) is 14.4 Å². The third kappa shape index (κ3) is 11.9. The molecule has 0 bridgehead atoms. The highest BCUT2D eigenvalue weighted by Gasteiger charge is 2.18. The standard InChI is InChI=1S/C14H25NO6/c16-10-9-11(14(20)21)15-12(17)7-5-3-1-2-4-6-8-13(18)19/h11,16H,1-10H2,(H,15,17)(H,18,19)(H,20,21)/t11-/m0/s1. The van der Waals surface area contributed by atoms with Gasteiger partial charge in [0, 0.05) is 25.9 Å². The highest BCUT2D eigenvalue weighted by atomic mass is 16.4. The molecule has 0 aromatic heterocycles. The van der Waals surface area contributed by atoms with Crippen LogP contribution in [0.1, 0.15) is 57.8 Å². The van der Waals surface area contributed by atoms with E-state index in [1.807, 2.05) is 0 Å². The van der Waals surface area contributed by atoms with E-state index in [0.717, 1.165) is 25.7 Å². The molecule has 0 aliphatic carbocycles. The molecule has 0 aliphatic heterocycles. The molecule has 0 fully saturated rings. The zero-order chi connectivity index (χ0) is 16.1. The minimum atomic E-state index is -1.14. The van der Waals surface area contributed by atoms with Crippen molar-refractivity contribution in [1.82, 2.24) is 5.32 Å². The summed E-state index contributed by atoms with van der Waals surface area (Å²) in [6.07, 6.45) is 5.43. The van der Waals surface area contributed by atoms with E-state index in [4.69, 9.17) is 15.3 Å². The van der Waals surface area contributed by atoms with E-state index < -0.39 is 18.0 Å². The summed E-state index contributed by atoms with van der Waals surface area (Å²) in [5, 5.41) is 28.4. The number of hydrogen-bond donors (Lipinski definition) is 4. The Morgan fingerprint density at radius 1 is 0.857 bits per heavy atom. The minimum absolute atomic E-state index is 0.00461. The first-order valence-corrected chi connectivity index (χ1v) is 7.32. The van der Waals surface area contributed by atoms with Crippen LogP contribution in [0.25, 0.3) is 0 Å². The number of carbonyl (C=O) groups is 3. The Labute approximate surface area is 124 Å². The lowest BCUT2D eigenvalue weighted by Crippen LogP contribution is -2.41. The van der Waals surface area contributed by atoms with Crippen molar-refractivity contribution in [3.63, 3.8) is 0 Å². The van der Waals surface area contributed by atoms with E-state index in [1.54, 1.807) is 0 Å². The first-order valence-electron chi connectivity index (χ1n) is 7.32. The summed E-state index contributed by atoms with van der Waals surface area (Å²) in [5.74, 6) is -2.24. The molecule has 0 heterocycles. The SMILES string of the molecule is O=C(O)CCCCCCCCC(=O)N[C@@H](CCO)C(=O)O. The molecule has 0 aromatic carbocycles. The number of aliphatic hydroxyl groups is 1. The minimum Gasteiger partial charge on any atom is -0.481 e.